The molecule has 0 aliphatic rings. The predicted octanol–water partition coefficient (Wildman–Crippen LogP) is -0.327. The van der Waals surface area contributed by atoms with E-state index in [0.717, 1.165) is 0 Å². The second-order valence-electron chi connectivity index (χ2n) is 4.33. The third-order valence-corrected chi connectivity index (χ3v) is 5.51. The normalized spacial score (nSPS) is 13.8. The molecule has 52 valence electrons. The van der Waals surface area contributed by atoms with Gasteiger partial charge in [0, 0.05) is 0 Å². The van der Waals surface area contributed by atoms with Gasteiger partial charge in [0.05, 0.1) is 0 Å². The van der Waals surface area contributed by atoms with Crippen molar-refractivity contribution in [2.75, 3.05) is 0 Å². The van der Waals surface area contributed by atoms with E-state index in [1.165, 1.54) is 0 Å². The van der Waals surface area contributed by atoms with Crippen LogP contribution in [0.5, 0.6) is 0 Å². The van der Waals surface area contributed by atoms with Crippen molar-refractivity contribution in [2.45, 2.75) is 26.2 Å². The van der Waals surface area contributed by atoms with E-state index in [2.05, 4.69) is 41.1 Å². The molecule has 0 amide bonds. The first-order valence-corrected chi connectivity index (χ1v) is 10.2. The lowest BCUT2D eigenvalue weighted by molar-refractivity contribution is 0.589. The summed E-state index contributed by atoms with van der Waals surface area (Å²) in [6.45, 7) is 8.97. The Kier molecular flexibility index (Phi) is 2.79. The van der Waals surface area contributed by atoms with Crippen molar-refractivity contribution in [3.63, 3.8) is 0 Å². The monoisotopic (exact) mass is 158 g/mol. The molecule has 0 spiro atoms. The van der Waals surface area contributed by atoms with Crippen LogP contribution in [-0.4, -0.2) is 31.3 Å². The summed E-state index contributed by atoms with van der Waals surface area (Å²) in [7, 11) is 2.02. The minimum atomic E-state index is -1.23. The Morgan fingerprint density at radius 2 is 1.11 bits per heavy atom. The van der Waals surface area contributed by atoms with E-state index in [-0.39, 0.29) is 0 Å². The minimum absolute atomic E-state index is 1.23. The van der Waals surface area contributed by atoms with Crippen LogP contribution in [0.2, 0.25) is 26.2 Å². The van der Waals surface area contributed by atoms with Gasteiger partial charge in [-0.25, -0.2) is 0 Å². The summed E-state index contributed by atoms with van der Waals surface area (Å²) in [6, 6.07) is 0. The minimum Gasteiger partial charge on any atom is -0.468 e. The summed E-state index contributed by atoms with van der Waals surface area (Å²) in [4.78, 5) is 0. The van der Waals surface area contributed by atoms with Gasteiger partial charge in [-0.3, -0.25) is 0 Å². The highest BCUT2D eigenvalue weighted by molar-refractivity contribution is 7.21. The van der Waals surface area contributed by atoms with E-state index in [9.17, 15) is 0 Å². The Morgan fingerprint density at radius 3 is 1.11 bits per heavy atom. The molecule has 0 saturated carbocycles. The van der Waals surface area contributed by atoms with Crippen molar-refractivity contribution in [1.29, 1.82) is 0 Å². The average Bonchev–Trinajstić information content (AvgIpc) is 1.14. The molecule has 0 aromatic carbocycles. The van der Waals surface area contributed by atoms with Gasteiger partial charge in [-0.2, -0.15) is 0 Å². The first kappa shape index (κ1) is 9.52. The lowest BCUT2D eigenvalue weighted by Gasteiger charge is -2.28. The van der Waals surface area contributed by atoms with Crippen molar-refractivity contribution in [3.8, 4) is 0 Å². The fraction of sp³-hybridized carbons (Fsp3) is 1.00. The Morgan fingerprint density at radius 1 is 0.889 bits per heavy atom. The van der Waals surface area contributed by atoms with Crippen LogP contribution in [0.3, 0.4) is 0 Å². The SMILES string of the molecule is B[Si](C)(C)O[Si](B)(C)C. The smallest absolute Gasteiger partial charge is 0.129 e. The highest BCUT2D eigenvalue weighted by Crippen LogP contribution is 2.06. The molecule has 1 nitrogen and oxygen atoms in total. The Labute approximate surface area is 62.1 Å². The molecule has 5 heteroatoms. The predicted molar refractivity (Wildman–Crippen MR) is 53.1 cm³/mol. The molecule has 0 aromatic heterocycles. The standard InChI is InChI=1S/C4H16B2OSi2/c1-8(2,5)7-9(3,4)6/h5-6H2,1-4H3. The van der Waals surface area contributed by atoms with Gasteiger partial charge >= 0.3 is 0 Å². The quantitative estimate of drug-likeness (QED) is 0.500. The van der Waals surface area contributed by atoms with Gasteiger partial charge in [0.1, 0.15) is 31.3 Å². The largest absolute Gasteiger partial charge is 0.468 e. The van der Waals surface area contributed by atoms with E-state index >= 15 is 0 Å². The van der Waals surface area contributed by atoms with E-state index in [0.29, 0.717) is 0 Å². The van der Waals surface area contributed by atoms with Crippen molar-refractivity contribution in [2.24, 2.45) is 0 Å². The molecule has 0 unspecified atom stereocenters. The molecule has 0 bridgehead atoms. The van der Waals surface area contributed by atoms with E-state index < -0.39 is 16.4 Å². The molecule has 0 atom stereocenters. The van der Waals surface area contributed by atoms with Crippen LogP contribution < -0.4 is 0 Å². The van der Waals surface area contributed by atoms with Crippen molar-refractivity contribution < 1.29 is 4.12 Å². The highest BCUT2D eigenvalue weighted by Gasteiger charge is 2.23. The maximum Gasteiger partial charge on any atom is 0.129 e. The van der Waals surface area contributed by atoms with Crippen LogP contribution in [0.1, 0.15) is 0 Å². The zero-order valence-electron chi connectivity index (χ0n) is 7.41. The Hall–Kier alpha value is 0.524. The van der Waals surface area contributed by atoms with Gasteiger partial charge in [0.2, 0.25) is 0 Å². The summed E-state index contributed by atoms with van der Waals surface area (Å²) in [5, 5.41) is 0. The van der Waals surface area contributed by atoms with Gasteiger partial charge in [-0.15, -0.1) is 0 Å². The second kappa shape index (κ2) is 2.64. The van der Waals surface area contributed by atoms with Crippen molar-refractivity contribution in [1.82, 2.24) is 0 Å². The molecule has 0 aliphatic heterocycles. The third-order valence-electron chi connectivity index (χ3n) is 0.612. The molecule has 0 heterocycles. The van der Waals surface area contributed by atoms with Gasteiger partial charge in [-0.05, 0) is 0 Å². The molecular formula is C4H16B2OSi2. The van der Waals surface area contributed by atoms with Gasteiger partial charge < -0.3 is 4.12 Å². The molecule has 0 rings (SSSR count). The first-order chi connectivity index (χ1) is 3.71. The van der Waals surface area contributed by atoms with Crippen LogP contribution in [-0.2, 0) is 4.12 Å². The molecule has 0 saturated heterocycles. The maximum atomic E-state index is 5.90. The molecule has 0 aliphatic carbocycles. The number of hydrogen-bond donors (Lipinski definition) is 0. The lowest BCUT2D eigenvalue weighted by atomic mass is 10.7. The van der Waals surface area contributed by atoms with Crippen LogP contribution in [0.15, 0.2) is 0 Å². The van der Waals surface area contributed by atoms with Crippen LogP contribution in [0, 0.1) is 0 Å². The zero-order valence-corrected chi connectivity index (χ0v) is 9.41. The first-order valence-electron chi connectivity index (χ1n) is 3.41. The maximum absolute atomic E-state index is 5.90. The molecule has 0 radical (unpaired) electrons. The number of rotatable bonds is 2. The Bertz CT molecular complexity index is 81.7. The Balaban J connectivity index is 3.75. The summed E-state index contributed by atoms with van der Waals surface area (Å²) in [5.74, 6) is 0. The third kappa shape index (κ3) is 8.52. The molecular weight excluding hydrogens is 142 g/mol. The fourth-order valence-electron chi connectivity index (χ4n) is 0.919. The molecule has 0 N–H and O–H groups in total. The summed E-state index contributed by atoms with van der Waals surface area (Å²) >= 11 is 0. The number of hydrogen-bond acceptors (Lipinski definition) is 1. The van der Waals surface area contributed by atoms with Crippen LogP contribution in [0.25, 0.3) is 0 Å². The fourth-order valence-corrected chi connectivity index (χ4v) is 8.27. The van der Waals surface area contributed by atoms with Crippen LogP contribution in [0.4, 0.5) is 0 Å². The lowest BCUT2D eigenvalue weighted by Crippen LogP contribution is -2.45. The van der Waals surface area contributed by atoms with Gasteiger partial charge in [-0.1, -0.05) is 26.2 Å². The summed E-state index contributed by atoms with van der Waals surface area (Å²) in [5.41, 5.74) is 0. The second-order valence-corrected chi connectivity index (χ2v) is 13.6. The zero-order chi connectivity index (χ0) is 7.71. The van der Waals surface area contributed by atoms with Crippen LogP contribution >= 0.6 is 0 Å². The average molecular weight is 158 g/mol. The van der Waals surface area contributed by atoms with Crippen molar-refractivity contribution in [3.05, 3.63) is 0 Å². The van der Waals surface area contributed by atoms with E-state index in [1.807, 2.05) is 0 Å². The summed E-state index contributed by atoms with van der Waals surface area (Å²) in [6.07, 6.45) is 0. The van der Waals surface area contributed by atoms with E-state index in [4.69, 9.17) is 4.12 Å². The van der Waals surface area contributed by atoms with Crippen molar-refractivity contribution >= 4 is 31.3 Å². The molecule has 0 aromatic rings. The van der Waals surface area contributed by atoms with E-state index in [1.54, 1.807) is 0 Å². The molecule has 0 fully saturated rings. The highest BCUT2D eigenvalue weighted by atomic mass is 28.4. The van der Waals surface area contributed by atoms with Gasteiger partial charge in [0.15, 0.2) is 0 Å². The van der Waals surface area contributed by atoms with Gasteiger partial charge in [0.25, 0.3) is 0 Å². The topological polar surface area (TPSA) is 9.23 Å². The summed E-state index contributed by atoms with van der Waals surface area (Å²) < 4.78 is 5.90. The molecule has 9 heavy (non-hydrogen) atoms.